The largest absolute Gasteiger partial charge is 0.330 e. The maximum Gasteiger partial charge on any atom is 0.244 e. The zero-order chi connectivity index (χ0) is 13.2. The van der Waals surface area contributed by atoms with E-state index in [0.717, 1.165) is 23.3 Å². The summed E-state index contributed by atoms with van der Waals surface area (Å²) in [5, 5.41) is 2.83. The average Bonchev–Trinajstić information content (AvgIpc) is 2.46. The fourth-order valence-electron chi connectivity index (χ4n) is 2.28. The molecule has 2 aromatic rings. The zero-order valence-electron chi connectivity index (χ0n) is 10.2. The Morgan fingerprint density at radius 1 is 1.00 bits per heavy atom. The van der Waals surface area contributed by atoms with E-state index in [0.29, 0.717) is 5.56 Å². The molecular weight excluding hydrogens is 240 g/mol. The molecule has 1 N–H and O–H groups in total. The number of hydrogen-bond acceptors (Lipinski definition) is 3. The first-order valence-corrected chi connectivity index (χ1v) is 6.00. The van der Waals surface area contributed by atoms with E-state index in [4.69, 9.17) is 0 Å². The van der Waals surface area contributed by atoms with Gasteiger partial charge in [-0.25, -0.2) is 0 Å². The highest BCUT2D eigenvalue weighted by atomic mass is 16.2. The topological polar surface area (TPSA) is 49.4 Å². The molecule has 0 atom stereocenters. The molecule has 1 heterocycles. The predicted octanol–water partition coefficient (Wildman–Crippen LogP) is 2.59. The van der Waals surface area contributed by atoms with Crippen molar-refractivity contribution in [2.24, 2.45) is 0 Å². The van der Waals surface area contributed by atoms with Crippen molar-refractivity contribution in [3.63, 3.8) is 0 Å². The van der Waals surface area contributed by atoms with Crippen LogP contribution in [0.3, 0.4) is 0 Å². The van der Waals surface area contributed by atoms with Gasteiger partial charge < -0.3 is 10.2 Å². The fraction of sp³-hybridized carbons (Fsp3) is 0.0667. The molecule has 0 bridgehead atoms. The highest BCUT2D eigenvalue weighted by Gasteiger charge is 2.23. The molecule has 0 saturated heterocycles. The third-order valence-corrected chi connectivity index (χ3v) is 3.13. The third kappa shape index (κ3) is 1.97. The smallest absolute Gasteiger partial charge is 0.244 e. The molecule has 0 spiro atoms. The van der Waals surface area contributed by atoms with Crippen LogP contribution in [0.2, 0.25) is 0 Å². The molecule has 1 amide bonds. The van der Waals surface area contributed by atoms with E-state index < -0.39 is 0 Å². The minimum atomic E-state index is -0.0839. The lowest BCUT2D eigenvalue weighted by Crippen LogP contribution is -2.35. The Bertz CT molecular complexity index is 652. The summed E-state index contributed by atoms with van der Waals surface area (Å²) in [7, 11) is 0. The predicted molar refractivity (Wildman–Crippen MR) is 73.9 cm³/mol. The average molecular weight is 252 g/mol. The van der Waals surface area contributed by atoms with E-state index in [2.05, 4.69) is 5.32 Å². The summed E-state index contributed by atoms with van der Waals surface area (Å²) >= 11 is 0. The molecule has 4 nitrogen and oxygen atoms in total. The van der Waals surface area contributed by atoms with Gasteiger partial charge in [-0.3, -0.25) is 9.59 Å². The Labute approximate surface area is 110 Å². The molecule has 1 aliphatic rings. The molecule has 3 rings (SSSR count). The highest BCUT2D eigenvalue weighted by Crippen LogP contribution is 2.35. The van der Waals surface area contributed by atoms with Crippen LogP contribution < -0.4 is 10.2 Å². The number of hydrogen-bond donors (Lipinski definition) is 1. The van der Waals surface area contributed by atoms with Gasteiger partial charge in [-0.2, -0.15) is 0 Å². The van der Waals surface area contributed by atoms with Gasteiger partial charge in [-0.15, -0.1) is 0 Å². The van der Waals surface area contributed by atoms with Gasteiger partial charge in [0.1, 0.15) is 6.54 Å². The number of fused-ring (bicyclic) bond motifs is 1. The second-order valence-corrected chi connectivity index (χ2v) is 4.33. The fourth-order valence-corrected chi connectivity index (χ4v) is 2.28. The van der Waals surface area contributed by atoms with Gasteiger partial charge in [0.05, 0.1) is 17.1 Å². The van der Waals surface area contributed by atoms with Gasteiger partial charge in [0.15, 0.2) is 6.29 Å². The van der Waals surface area contributed by atoms with E-state index in [1.807, 2.05) is 47.4 Å². The monoisotopic (exact) mass is 252 g/mol. The summed E-state index contributed by atoms with van der Waals surface area (Å²) in [6, 6.07) is 14.8. The lowest BCUT2D eigenvalue weighted by Gasteiger charge is -2.31. The molecule has 0 radical (unpaired) electrons. The van der Waals surface area contributed by atoms with Crippen molar-refractivity contribution in [3.8, 4) is 0 Å². The second-order valence-electron chi connectivity index (χ2n) is 4.33. The van der Waals surface area contributed by atoms with Gasteiger partial charge in [-0.05, 0) is 24.3 Å². The van der Waals surface area contributed by atoms with Crippen molar-refractivity contribution in [1.82, 2.24) is 0 Å². The second kappa shape index (κ2) is 4.57. The van der Waals surface area contributed by atoms with E-state index in [-0.39, 0.29) is 12.5 Å². The van der Waals surface area contributed by atoms with Gasteiger partial charge in [-0.1, -0.05) is 24.3 Å². The van der Waals surface area contributed by atoms with Crippen LogP contribution >= 0.6 is 0 Å². The van der Waals surface area contributed by atoms with Gasteiger partial charge in [0.2, 0.25) is 5.91 Å². The molecule has 1 aliphatic heterocycles. The third-order valence-electron chi connectivity index (χ3n) is 3.13. The molecule has 0 aromatic heterocycles. The molecule has 2 aromatic carbocycles. The number of benzene rings is 2. The maximum absolute atomic E-state index is 11.8. The summed E-state index contributed by atoms with van der Waals surface area (Å²) in [6.45, 7) is 0.210. The lowest BCUT2D eigenvalue weighted by atomic mass is 10.1. The van der Waals surface area contributed by atoms with E-state index >= 15 is 0 Å². The van der Waals surface area contributed by atoms with Crippen LogP contribution in [0, 0.1) is 0 Å². The first kappa shape index (κ1) is 11.5. The number of nitrogens with zero attached hydrogens (tertiary/aromatic N) is 1. The quantitative estimate of drug-likeness (QED) is 0.836. The number of anilines is 3. The number of para-hydroxylation sites is 3. The van der Waals surface area contributed by atoms with Crippen molar-refractivity contribution in [3.05, 3.63) is 54.1 Å². The summed E-state index contributed by atoms with van der Waals surface area (Å²) in [5.74, 6) is -0.0839. The molecular formula is C15H12N2O2. The normalized spacial score (nSPS) is 13.7. The summed E-state index contributed by atoms with van der Waals surface area (Å²) in [4.78, 5) is 24.8. The van der Waals surface area contributed by atoms with Crippen LogP contribution in [0.4, 0.5) is 17.1 Å². The van der Waals surface area contributed by atoms with Crippen molar-refractivity contribution < 1.29 is 9.59 Å². The molecule has 0 unspecified atom stereocenters. The van der Waals surface area contributed by atoms with Crippen molar-refractivity contribution in [1.29, 1.82) is 0 Å². The molecule has 0 saturated carbocycles. The molecule has 0 fully saturated rings. The molecule has 19 heavy (non-hydrogen) atoms. The zero-order valence-corrected chi connectivity index (χ0v) is 10.2. The van der Waals surface area contributed by atoms with Crippen LogP contribution in [0.5, 0.6) is 0 Å². The van der Waals surface area contributed by atoms with Crippen molar-refractivity contribution in [2.75, 3.05) is 16.8 Å². The minimum Gasteiger partial charge on any atom is -0.330 e. The van der Waals surface area contributed by atoms with Crippen LogP contribution in [0.15, 0.2) is 48.5 Å². The first-order valence-electron chi connectivity index (χ1n) is 6.00. The van der Waals surface area contributed by atoms with Crippen LogP contribution in [0.1, 0.15) is 10.4 Å². The molecule has 94 valence electrons. The van der Waals surface area contributed by atoms with Gasteiger partial charge in [0, 0.05) is 5.56 Å². The van der Waals surface area contributed by atoms with Gasteiger partial charge >= 0.3 is 0 Å². The Kier molecular flexibility index (Phi) is 2.76. The van der Waals surface area contributed by atoms with Crippen molar-refractivity contribution >= 4 is 29.3 Å². The van der Waals surface area contributed by atoms with Crippen LogP contribution in [-0.2, 0) is 4.79 Å². The van der Waals surface area contributed by atoms with E-state index in [1.165, 1.54) is 0 Å². The number of amides is 1. The van der Waals surface area contributed by atoms with Crippen molar-refractivity contribution in [2.45, 2.75) is 0 Å². The lowest BCUT2D eigenvalue weighted by molar-refractivity contribution is -0.115. The first-order chi connectivity index (χ1) is 9.29. The molecule has 4 heteroatoms. The van der Waals surface area contributed by atoms with Crippen LogP contribution in [-0.4, -0.2) is 18.7 Å². The number of carbonyl (C=O) groups is 2. The van der Waals surface area contributed by atoms with Crippen LogP contribution in [0.25, 0.3) is 0 Å². The summed E-state index contributed by atoms with van der Waals surface area (Å²) in [6.07, 6.45) is 0.810. The summed E-state index contributed by atoms with van der Waals surface area (Å²) in [5.41, 5.74) is 2.99. The number of nitrogens with one attached hydrogen (secondary N) is 1. The Morgan fingerprint density at radius 2 is 1.68 bits per heavy atom. The SMILES string of the molecule is O=Cc1ccccc1N1CC(=O)Nc2ccccc21. The Balaban J connectivity index is 2.15. The standard InChI is InChI=1S/C15H12N2O2/c18-10-11-5-1-3-7-13(11)17-9-15(19)16-12-6-2-4-8-14(12)17/h1-8,10H,9H2,(H,16,19). The van der Waals surface area contributed by atoms with Gasteiger partial charge in [0.25, 0.3) is 0 Å². The number of carbonyl (C=O) groups excluding carboxylic acids is 2. The molecule has 0 aliphatic carbocycles. The Hall–Kier alpha value is -2.62. The summed E-state index contributed by atoms with van der Waals surface area (Å²) < 4.78 is 0. The maximum atomic E-state index is 11.8. The minimum absolute atomic E-state index is 0.0839. The number of rotatable bonds is 2. The highest BCUT2D eigenvalue weighted by molar-refractivity contribution is 6.04. The Morgan fingerprint density at radius 3 is 2.47 bits per heavy atom. The van der Waals surface area contributed by atoms with E-state index in [9.17, 15) is 9.59 Å². The van der Waals surface area contributed by atoms with E-state index in [1.54, 1.807) is 6.07 Å². The number of aldehydes is 1.